The van der Waals surface area contributed by atoms with Crippen molar-refractivity contribution in [1.29, 1.82) is 0 Å². The lowest BCUT2D eigenvalue weighted by molar-refractivity contribution is 0.135. The molecule has 1 heterocycles. The predicted octanol–water partition coefficient (Wildman–Crippen LogP) is 1.32. The Morgan fingerprint density at radius 2 is 2.31 bits per heavy atom. The van der Waals surface area contributed by atoms with Gasteiger partial charge in [-0.25, -0.2) is 4.39 Å². The van der Waals surface area contributed by atoms with Crippen LogP contribution < -0.4 is 10.1 Å². The Balaban J connectivity index is 2.36. The molecule has 0 saturated carbocycles. The first-order valence-corrected chi connectivity index (χ1v) is 3.78. The maximum absolute atomic E-state index is 13.4. The van der Waals surface area contributed by atoms with Gasteiger partial charge in [0.2, 0.25) is 5.82 Å². The molecule has 1 aliphatic rings. The average molecular weight is 188 g/mol. The van der Waals surface area contributed by atoms with Crippen molar-refractivity contribution in [3.05, 3.63) is 29.8 Å². The van der Waals surface area contributed by atoms with E-state index < -0.39 is 35.5 Å². The van der Waals surface area contributed by atoms with Gasteiger partial charge in [-0.2, -0.15) is 4.39 Å². The topological polar surface area (TPSA) is 21.3 Å². The zero-order valence-corrected chi connectivity index (χ0v) is 6.66. The molecule has 0 radical (unpaired) electrons. The molecule has 0 unspecified atom stereocenters. The predicted molar refractivity (Wildman–Crippen MR) is 43.6 cm³/mol. The molecule has 13 heavy (non-hydrogen) atoms. The van der Waals surface area contributed by atoms with Gasteiger partial charge in [-0.15, -0.1) is 0 Å². The first-order valence-electron chi connectivity index (χ1n) is 5.28. The Morgan fingerprint density at radius 1 is 1.54 bits per heavy atom. The maximum atomic E-state index is 13.4. The summed E-state index contributed by atoms with van der Waals surface area (Å²) in [6.45, 7) is 0.381. The zero-order valence-electron chi connectivity index (χ0n) is 9.66. The molecule has 70 valence electrons. The van der Waals surface area contributed by atoms with Gasteiger partial charge in [-0.05, 0) is 12.1 Å². The first-order chi connectivity index (χ1) is 7.43. The number of hydrogen-bond acceptors (Lipinski definition) is 2. The normalized spacial score (nSPS) is 22.5. The lowest BCUT2D eigenvalue weighted by Crippen LogP contribution is -2.50. The molecule has 2 rings (SSSR count). The van der Waals surface area contributed by atoms with Gasteiger partial charge in [0.05, 0.1) is 4.11 Å². The van der Waals surface area contributed by atoms with Gasteiger partial charge in [0.1, 0.15) is 6.08 Å². The smallest absolute Gasteiger partial charge is 0.200 e. The molecule has 4 heteroatoms. The molecular formula is C9H9F2NO. The van der Waals surface area contributed by atoms with Gasteiger partial charge in [0.25, 0.3) is 0 Å². The number of rotatable bonds is 2. The van der Waals surface area contributed by atoms with Crippen LogP contribution in [0.15, 0.2) is 18.2 Å². The molecule has 0 aliphatic carbocycles. The fourth-order valence-corrected chi connectivity index (χ4v) is 0.909. The Labute approximate surface area is 78.7 Å². The SMILES string of the molecule is [2H]c1cc([2H])c(OC2([2H])CNC2)c(F)c1F. The Bertz CT molecular complexity index is 437. The highest BCUT2D eigenvalue weighted by Crippen LogP contribution is 2.20. The van der Waals surface area contributed by atoms with Crippen molar-refractivity contribution in [2.45, 2.75) is 6.08 Å². The van der Waals surface area contributed by atoms with Crippen molar-refractivity contribution < 1.29 is 17.6 Å². The van der Waals surface area contributed by atoms with Crippen molar-refractivity contribution in [3.63, 3.8) is 0 Å². The van der Waals surface area contributed by atoms with Crippen molar-refractivity contribution in [2.75, 3.05) is 13.1 Å². The Hall–Kier alpha value is -1.16. The third-order valence-electron chi connectivity index (χ3n) is 1.68. The molecule has 1 aromatic rings. The largest absolute Gasteiger partial charge is 0.485 e. The molecular weight excluding hydrogens is 176 g/mol. The minimum atomic E-state index is -1.38. The van der Waals surface area contributed by atoms with E-state index in [-0.39, 0.29) is 13.1 Å². The minimum absolute atomic E-state index is 0.191. The molecule has 0 atom stereocenters. The van der Waals surface area contributed by atoms with Crippen molar-refractivity contribution >= 4 is 0 Å². The third-order valence-corrected chi connectivity index (χ3v) is 1.68. The van der Waals surface area contributed by atoms with E-state index in [4.69, 9.17) is 8.85 Å². The zero-order chi connectivity index (χ0) is 11.9. The molecule has 1 N–H and O–H groups in total. The second-order valence-corrected chi connectivity index (χ2v) is 2.63. The maximum Gasteiger partial charge on any atom is 0.200 e. The molecule has 0 amide bonds. The summed E-state index contributed by atoms with van der Waals surface area (Å²) in [6.07, 6.45) is -1.35. The molecule has 1 aromatic carbocycles. The fraction of sp³-hybridized carbons (Fsp3) is 0.333. The van der Waals surface area contributed by atoms with E-state index >= 15 is 0 Å². The number of benzene rings is 1. The summed E-state index contributed by atoms with van der Waals surface area (Å²) < 4.78 is 53.4. The van der Waals surface area contributed by atoms with Gasteiger partial charge >= 0.3 is 0 Å². The number of nitrogens with one attached hydrogen (secondary N) is 1. The van der Waals surface area contributed by atoms with E-state index in [1.54, 1.807) is 0 Å². The van der Waals surface area contributed by atoms with Crippen LogP contribution in [0.5, 0.6) is 5.75 Å². The molecule has 0 spiro atoms. The van der Waals surface area contributed by atoms with Crippen LogP contribution in [0.25, 0.3) is 0 Å². The van der Waals surface area contributed by atoms with Gasteiger partial charge < -0.3 is 10.1 Å². The number of halogens is 2. The number of hydrogen-bond donors (Lipinski definition) is 1. The molecule has 0 bridgehead atoms. The van der Waals surface area contributed by atoms with E-state index in [1.807, 2.05) is 0 Å². The second kappa shape index (κ2) is 3.30. The standard InChI is InChI=1S/C9H9F2NO/c10-7-2-1-3-8(9(7)11)13-6-4-12-5-6/h1-3,6,12H,4-5H2/i2D,3D,6D. The van der Waals surface area contributed by atoms with Crippen LogP contribution in [0, 0.1) is 11.6 Å². The average Bonchev–Trinajstić information content (AvgIpc) is 2.19. The summed E-state index contributed by atoms with van der Waals surface area (Å²) in [5, 5.41) is 2.76. The third kappa shape index (κ3) is 1.62. The Kier molecular flexibility index (Phi) is 1.41. The summed E-state index contributed by atoms with van der Waals surface area (Å²) in [6, 6.07) is -0.272. The highest BCUT2D eigenvalue weighted by atomic mass is 19.2. The Morgan fingerprint density at radius 3 is 2.92 bits per heavy atom. The summed E-state index contributed by atoms with van der Waals surface area (Å²) in [5.74, 6) is -3.34. The van der Waals surface area contributed by atoms with Gasteiger partial charge in [0.15, 0.2) is 11.6 Å². The van der Waals surface area contributed by atoms with Crippen molar-refractivity contribution in [1.82, 2.24) is 5.32 Å². The van der Waals surface area contributed by atoms with Gasteiger partial charge in [-0.1, -0.05) is 6.07 Å². The van der Waals surface area contributed by atoms with Crippen LogP contribution in [0.4, 0.5) is 8.78 Å². The van der Waals surface area contributed by atoms with Gasteiger partial charge in [-0.3, -0.25) is 0 Å². The lowest BCUT2D eigenvalue weighted by atomic mass is 10.2. The van der Waals surface area contributed by atoms with E-state index in [2.05, 4.69) is 5.32 Å². The monoisotopic (exact) mass is 188 g/mol. The van der Waals surface area contributed by atoms with Crippen LogP contribution in [0.2, 0.25) is 0 Å². The van der Waals surface area contributed by atoms with E-state index in [0.29, 0.717) is 0 Å². The first kappa shape index (κ1) is 5.54. The van der Waals surface area contributed by atoms with Gasteiger partial charge in [0, 0.05) is 13.1 Å². The molecule has 1 aliphatic heterocycles. The van der Waals surface area contributed by atoms with E-state index in [9.17, 15) is 8.78 Å². The van der Waals surface area contributed by atoms with E-state index in [1.165, 1.54) is 0 Å². The minimum Gasteiger partial charge on any atom is -0.485 e. The van der Waals surface area contributed by atoms with Crippen molar-refractivity contribution in [3.8, 4) is 5.75 Å². The molecule has 2 nitrogen and oxygen atoms in total. The fourth-order valence-electron chi connectivity index (χ4n) is 0.909. The van der Waals surface area contributed by atoms with Crippen LogP contribution in [0.1, 0.15) is 4.11 Å². The quantitative estimate of drug-likeness (QED) is 0.755. The number of ether oxygens (including phenoxy) is 1. The van der Waals surface area contributed by atoms with Crippen LogP contribution >= 0.6 is 0 Å². The molecule has 0 aromatic heterocycles. The van der Waals surface area contributed by atoms with E-state index in [0.717, 1.165) is 6.07 Å². The summed E-state index contributed by atoms with van der Waals surface area (Å²) in [5.41, 5.74) is 0. The molecule has 1 fully saturated rings. The van der Waals surface area contributed by atoms with Crippen LogP contribution in [0.3, 0.4) is 0 Å². The van der Waals surface area contributed by atoms with Crippen molar-refractivity contribution in [2.24, 2.45) is 0 Å². The van der Waals surface area contributed by atoms with Crippen LogP contribution in [-0.2, 0) is 0 Å². The summed E-state index contributed by atoms with van der Waals surface area (Å²) in [4.78, 5) is 0. The highest BCUT2D eigenvalue weighted by molar-refractivity contribution is 5.25. The lowest BCUT2D eigenvalue weighted by Gasteiger charge is -2.27. The molecule has 1 saturated heterocycles. The highest BCUT2D eigenvalue weighted by Gasteiger charge is 2.20. The summed E-state index contributed by atoms with van der Waals surface area (Å²) in [7, 11) is 0. The summed E-state index contributed by atoms with van der Waals surface area (Å²) >= 11 is 0. The van der Waals surface area contributed by atoms with Crippen LogP contribution in [-0.4, -0.2) is 19.2 Å². The second-order valence-electron chi connectivity index (χ2n) is 2.63.